The molecule has 0 amide bonds. The van der Waals surface area contributed by atoms with Gasteiger partial charge < -0.3 is 10.2 Å². The molecular formula is C24H22N6O3. The molecule has 0 saturated carbocycles. The van der Waals surface area contributed by atoms with Gasteiger partial charge in [-0.05, 0) is 23.8 Å². The number of nitrogens with one attached hydrogen (secondary N) is 1. The molecule has 0 fully saturated rings. The zero-order valence-corrected chi connectivity index (χ0v) is 18.2. The summed E-state index contributed by atoms with van der Waals surface area (Å²) in [6.45, 7) is 0.419. The summed E-state index contributed by atoms with van der Waals surface area (Å²) >= 11 is 0. The van der Waals surface area contributed by atoms with Gasteiger partial charge in [-0.15, -0.1) is 5.10 Å². The Morgan fingerprint density at radius 2 is 1.76 bits per heavy atom. The van der Waals surface area contributed by atoms with Crippen LogP contribution in [0.15, 0.2) is 78.9 Å². The van der Waals surface area contributed by atoms with Crippen molar-refractivity contribution in [3.8, 4) is 11.4 Å². The first kappa shape index (κ1) is 21.7. The fraction of sp³-hybridized carbons (Fsp3) is 0.125. The van der Waals surface area contributed by atoms with Crippen LogP contribution in [-0.4, -0.2) is 39.7 Å². The molecule has 4 rings (SSSR count). The molecule has 1 N–H and O–H groups in total. The number of aromatic nitrogens is 3. The quantitative estimate of drug-likeness (QED) is 0.337. The van der Waals surface area contributed by atoms with Crippen molar-refractivity contribution in [1.82, 2.24) is 14.8 Å². The van der Waals surface area contributed by atoms with Crippen LogP contribution in [0.25, 0.3) is 11.4 Å². The van der Waals surface area contributed by atoms with Crippen molar-refractivity contribution in [1.29, 1.82) is 0 Å². The van der Waals surface area contributed by atoms with E-state index in [9.17, 15) is 14.9 Å². The Morgan fingerprint density at radius 3 is 2.42 bits per heavy atom. The lowest BCUT2D eigenvalue weighted by Gasteiger charge is -2.13. The van der Waals surface area contributed by atoms with Crippen LogP contribution in [0.2, 0.25) is 0 Å². The lowest BCUT2D eigenvalue weighted by molar-refractivity contribution is -0.384. The molecule has 1 heterocycles. The summed E-state index contributed by atoms with van der Waals surface area (Å²) in [5.41, 5.74) is 2.81. The molecule has 0 saturated heterocycles. The molecule has 0 aliphatic heterocycles. The van der Waals surface area contributed by atoms with Crippen LogP contribution in [0.5, 0.6) is 0 Å². The van der Waals surface area contributed by atoms with Crippen molar-refractivity contribution in [2.45, 2.75) is 6.54 Å². The first-order chi connectivity index (χ1) is 15.9. The lowest BCUT2D eigenvalue weighted by atomic mass is 10.2. The predicted molar refractivity (Wildman–Crippen MR) is 126 cm³/mol. The molecule has 0 spiro atoms. The highest BCUT2D eigenvalue weighted by molar-refractivity contribution is 5.97. The summed E-state index contributed by atoms with van der Waals surface area (Å²) in [7, 11) is 3.95. The molecule has 9 nitrogen and oxygen atoms in total. The van der Waals surface area contributed by atoms with Crippen molar-refractivity contribution in [2.75, 3.05) is 24.3 Å². The Labute approximate surface area is 190 Å². The minimum Gasteiger partial charge on any atom is -0.378 e. The van der Waals surface area contributed by atoms with Crippen LogP contribution in [0.1, 0.15) is 15.9 Å². The van der Waals surface area contributed by atoms with E-state index >= 15 is 0 Å². The molecule has 0 unspecified atom stereocenters. The Hall–Kier alpha value is -4.53. The number of nitro groups is 1. The van der Waals surface area contributed by atoms with E-state index in [4.69, 9.17) is 0 Å². The van der Waals surface area contributed by atoms with Crippen LogP contribution in [0.4, 0.5) is 17.3 Å². The number of benzene rings is 3. The highest BCUT2D eigenvalue weighted by Crippen LogP contribution is 2.21. The van der Waals surface area contributed by atoms with Crippen molar-refractivity contribution in [3.63, 3.8) is 0 Å². The highest BCUT2D eigenvalue weighted by Gasteiger charge is 2.20. The Morgan fingerprint density at radius 1 is 1.03 bits per heavy atom. The van der Waals surface area contributed by atoms with Gasteiger partial charge in [0.2, 0.25) is 5.95 Å². The Balaban J connectivity index is 1.66. The van der Waals surface area contributed by atoms with Gasteiger partial charge in [-0.3, -0.25) is 14.9 Å². The van der Waals surface area contributed by atoms with E-state index in [1.54, 1.807) is 0 Å². The van der Waals surface area contributed by atoms with Crippen LogP contribution in [-0.2, 0) is 6.54 Å². The van der Waals surface area contributed by atoms with Gasteiger partial charge in [0.25, 0.3) is 11.6 Å². The fourth-order valence-corrected chi connectivity index (χ4v) is 3.25. The number of anilines is 2. The highest BCUT2D eigenvalue weighted by atomic mass is 16.6. The van der Waals surface area contributed by atoms with Gasteiger partial charge in [0.05, 0.1) is 4.92 Å². The summed E-state index contributed by atoms with van der Waals surface area (Å²) in [6.07, 6.45) is 0. The van der Waals surface area contributed by atoms with E-state index < -0.39 is 10.8 Å². The second-order valence-electron chi connectivity index (χ2n) is 7.56. The molecule has 4 aromatic rings. The first-order valence-electron chi connectivity index (χ1n) is 10.2. The lowest BCUT2D eigenvalue weighted by Crippen LogP contribution is -2.17. The Kier molecular flexibility index (Phi) is 6.12. The maximum absolute atomic E-state index is 13.2. The maximum atomic E-state index is 13.2. The number of non-ortho nitro benzene ring substituents is 1. The van der Waals surface area contributed by atoms with Crippen molar-refractivity contribution < 1.29 is 9.72 Å². The van der Waals surface area contributed by atoms with Crippen LogP contribution in [0, 0.1) is 10.1 Å². The van der Waals surface area contributed by atoms with E-state index in [0.717, 1.165) is 21.5 Å². The van der Waals surface area contributed by atoms with E-state index in [0.29, 0.717) is 12.4 Å². The molecule has 0 aliphatic carbocycles. The average molecular weight is 442 g/mol. The van der Waals surface area contributed by atoms with Gasteiger partial charge in [0.1, 0.15) is 0 Å². The fourth-order valence-electron chi connectivity index (χ4n) is 3.25. The monoisotopic (exact) mass is 442 g/mol. The van der Waals surface area contributed by atoms with Crippen molar-refractivity contribution in [2.24, 2.45) is 0 Å². The largest absolute Gasteiger partial charge is 0.378 e. The molecule has 0 bridgehead atoms. The van der Waals surface area contributed by atoms with Gasteiger partial charge in [0, 0.05) is 49.6 Å². The third-order valence-electron chi connectivity index (χ3n) is 5.04. The topological polar surface area (TPSA) is 106 Å². The maximum Gasteiger partial charge on any atom is 0.281 e. The second kappa shape index (κ2) is 9.31. The zero-order valence-electron chi connectivity index (χ0n) is 18.2. The van der Waals surface area contributed by atoms with Gasteiger partial charge >= 0.3 is 0 Å². The summed E-state index contributed by atoms with van der Waals surface area (Å²) in [5, 5.41) is 18.7. The number of hydrogen-bond acceptors (Lipinski definition) is 7. The third kappa shape index (κ3) is 4.87. The van der Waals surface area contributed by atoms with E-state index in [-0.39, 0.29) is 17.2 Å². The molecule has 3 aromatic carbocycles. The van der Waals surface area contributed by atoms with Gasteiger partial charge in [-0.2, -0.15) is 9.67 Å². The summed E-state index contributed by atoms with van der Waals surface area (Å²) in [5.74, 6) is 0.112. The molecular weight excluding hydrogens is 420 g/mol. The smallest absolute Gasteiger partial charge is 0.281 e. The molecule has 0 radical (unpaired) electrons. The number of hydrogen-bond donors (Lipinski definition) is 1. The first-order valence-corrected chi connectivity index (χ1v) is 10.2. The summed E-state index contributed by atoms with van der Waals surface area (Å²) in [4.78, 5) is 30.3. The minimum atomic E-state index is -0.538. The average Bonchev–Trinajstić information content (AvgIpc) is 3.27. The predicted octanol–water partition coefficient (Wildman–Crippen LogP) is 4.22. The van der Waals surface area contributed by atoms with Crippen LogP contribution >= 0.6 is 0 Å². The van der Waals surface area contributed by atoms with E-state index in [1.165, 1.54) is 24.3 Å². The number of nitro benzene ring substituents is 1. The molecule has 33 heavy (non-hydrogen) atoms. The van der Waals surface area contributed by atoms with Crippen LogP contribution in [0.3, 0.4) is 0 Å². The second-order valence-corrected chi connectivity index (χ2v) is 7.56. The summed E-state index contributed by atoms with van der Waals surface area (Å²) in [6, 6.07) is 22.8. The molecule has 166 valence electrons. The van der Waals surface area contributed by atoms with Crippen molar-refractivity contribution >= 4 is 23.2 Å². The number of carbonyl (C=O) groups excluding carboxylic acids is 1. The number of nitrogens with zero attached hydrogens (tertiary/aromatic N) is 5. The molecule has 9 heteroatoms. The van der Waals surface area contributed by atoms with E-state index in [2.05, 4.69) is 15.4 Å². The zero-order chi connectivity index (χ0) is 23.4. The van der Waals surface area contributed by atoms with Gasteiger partial charge in [0.15, 0.2) is 5.82 Å². The third-order valence-corrected chi connectivity index (χ3v) is 5.04. The number of carbonyl (C=O) groups is 1. The molecule has 0 aliphatic rings. The van der Waals surface area contributed by atoms with Gasteiger partial charge in [-0.25, -0.2) is 0 Å². The van der Waals surface area contributed by atoms with Crippen LogP contribution < -0.4 is 10.2 Å². The molecule has 1 aromatic heterocycles. The number of rotatable bonds is 7. The SMILES string of the molecule is CN(C)c1ccc(CNc2nc(-c3ccccc3)nn2C(=O)c2cccc([N+](=O)[O-])c2)cc1. The standard InChI is InChI=1S/C24H22N6O3/c1-28(2)20-13-11-17(12-14-20)16-25-24-26-22(18-7-4-3-5-8-18)27-29(24)23(31)19-9-6-10-21(15-19)30(32)33/h3-15H,16H2,1-2H3,(H,25,26,27). The minimum absolute atomic E-state index is 0.145. The van der Waals surface area contributed by atoms with Crippen molar-refractivity contribution in [3.05, 3.63) is 100 Å². The van der Waals surface area contributed by atoms with Gasteiger partial charge in [-0.1, -0.05) is 48.5 Å². The molecule has 0 atom stereocenters. The summed E-state index contributed by atoms with van der Waals surface area (Å²) < 4.78 is 1.15. The Bertz CT molecular complexity index is 1280. The van der Waals surface area contributed by atoms with E-state index in [1.807, 2.05) is 73.6 Å². The normalized spacial score (nSPS) is 10.6.